The number of nitrogens with zero attached hydrogens (tertiary/aromatic N) is 1. The van der Waals surface area contributed by atoms with Gasteiger partial charge >= 0.3 is 5.97 Å². The maximum absolute atomic E-state index is 12.3. The number of para-hydroxylation sites is 2. The normalized spacial score (nSPS) is 17.1. The molecule has 0 bridgehead atoms. The Kier molecular flexibility index (Phi) is 3.67. The molecule has 2 rings (SSSR count). The first-order valence-electron chi connectivity index (χ1n) is 7.10. The SMILES string of the molecule is CCOC(=O)C(C)(C)N1CC(C)(C)Nc2ccccc21. The van der Waals surface area contributed by atoms with E-state index in [4.69, 9.17) is 4.74 Å². The van der Waals surface area contributed by atoms with Gasteiger partial charge in [-0.15, -0.1) is 0 Å². The van der Waals surface area contributed by atoms with Crippen molar-refractivity contribution >= 4 is 17.3 Å². The van der Waals surface area contributed by atoms with Gasteiger partial charge in [-0.05, 0) is 46.8 Å². The number of carbonyl (C=O) groups excluding carboxylic acids is 1. The number of carbonyl (C=O) groups is 1. The molecule has 0 saturated carbocycles. The van der Waals surface area contributed by atoms with E-state index in [9.17, 15) is 4.79 Å². The second kappa shape index (κ2) is 5.00. The average Bonchev–Trinajstić information content (AvgIpc) is 2.36. The van der Waals surface area contributed by atoms with Crippen LogP contribution in [0.4, 0.5) is 11.4 Å². The fourth-order valence-corrected chi connectivity index (χ4v) is 2.62. The van der Waals surface area contributed by atoms with Crippen LogP contribution in [-0.2, 0) is 9.53 Å². The summed E-state index contributed by atoms with van der Waals surface area (Å²) in [5, 5.41) is 3.52. The van der Waals surface area contributed by atoms with Crippen LogP contribution in [0.15, 0.2) is 24.3 Å². The Morgan fingerprint density at radius 3 is 2.70 bits per heavy atom. The molecule has 0 unspecified atom stereocenters. The molecule has 110 valence electrons. The predicted molar refractivity (Wildman–Crippen MR) is 82.2 cm³/mol. The molecule has 1 aliphatic rings. The van der Waals surface area contributed by atoms with E-state index in [1.165, 1.54) is 0 Å². The van der Waals surface area contributed by atoms with Crippen LogP contribution in [-0.4, -0.2) is 30.2 Å². The van der Waals surface area contributed by atoms with Crippen molar-refractivity contribution < 1.29 is 9.53 Å². The van der Waals surface area contributed by atoms with Crippen molar-refractivity contribution in [3.05, 3.63) is 24.3 Å². The highest BCUT2D eigenvalue weighted by Gasteiger charge is 2.42. The van der Waals surface area contributed by atoms with Crippen molar-refractivity contribution in [1.82, 2.24) is 0 Å². The lowest BCUT2D eigenvalue weighted by Crippen LogP contribution is -2.59. The number of fused-ring (bicyclic) bond motifs is 1. The molecule has 0 aromatic heterocycles. The zero-order valence-electron chi connectivity index (χ0n) is 13.0. The second-order valence-electron chi connectivity index (χ2n) is 6.39. The van der Waals surface area contributed by atoms with Gasteiger partial charge in [-0.1, -0.05) is 12.1 Å². The molecule has 1 heterocycles. The first kappa shape index (κ1) is 14.7. The van der Waals surface area contributed by atoms with Crippen molar-refractivity contribution in [2.75, 3.05) is 23.4 Å². The van der Waals surface area contributed by atoms with Gasteiger partial charge in [-0.2, -0.15) is 0 Å². The molecule has 0 radical (unpaired) electrons. The van der Waals surface area contributed by atoms with Crippen molar-refractivity contribution in [3.63, 3.8) is 0 Å². The van der Waals surface area contributed by atoms with Gasteiger partial charge in [0.15, 0.2) is 0 Å². The molecule has 20 heavy (non-hydrogen) atoms. The first-order valence-corrected chi connectivity index (χ1v) is 7.10. The van der Waals surface area contributed by atoms with Gasteiger partial charge in [0.1, 0.15) is 5.54 Å². The zero-order valence-corrected chi connectivity index (χ0v) is 13.0. The second-order valence-corrected chi connectivity index (χ2v) is 6.39. The maximum atomic E-state index is 12.3. The first-order chi connectivity index (χ1) is 9.28. The summed E-state index contributed by atoms with van der Waals surface area (Å²) in [5.74, 6) is -0.187. The van der Waals surface area contributed by atoms with Crippen LogP contribution in [0.2, 0.25) is 0 Å². The molecular formula is C16H24N2O2. The summed E-state index contributed by atoms with van der Waals surface area (Å²) in [6.07, 6.45) is 0. The molecule has 0 amide bonds. The number of esters is 1. The van der Waals surface area contributed by atoms with E-state index >= 15 is 0 Å². The number of benzene rings is 1. The van der Waals surface area contributed by atoms with Crippen LogP contribution in [0.1, 0.15) is 34.6 Å². The summed E-state index contributed by atoms with van der Waals surface area (Å²) >= 11 is 0. The van der Waals surface area contributed by atoms with Gasteiger partial charge in [0, 0.05) is 12.1 Å². The lowest BCUT2D eigenvalue weighted by atomic mass is 9.93. The van der Waals surface area contributed by atoms with E-state index in [2.05, 4.69) is 24.1 Å². The Labute approximate surface area is 121 Å². The highest BCUT2D eigenvalue weighted by atomic mass is 16.5. The quantitative estimate of drug-likeness (QED) is 0.862. The van der Waals surface area contributed by atoms with Gasteiger partial charge in [0.05, 0.1) is 18.0 Å². The van der Waals surface area contributed by atoms with Crippen LogP contribution in [0.5, 0.6) is 0 Å². The Bertz CT molecular complexity index is 509. The zero-order chi connectivity index (χ0) is 15.0. The monoisotopic (exact) mass is 276 g/mol. The molecule has 0 saturated heterocycles. The number of ether oxygens (including phenoxy) is 1. The summed E-state index contributed by atoms with van der Waals surface area (Å²) in [4.78, 5) is 14.4. The third kappa shape index (κ3) is 2.60. The molecule has 1 aromatic rings. The van der Waals surface area contributed by atoms with Gasteiger partial charge in [-0.25, -0.2) is 4.79 Å². The molecule has 0 aliphatic carbocycles. The summed E-state index contributed by atoms with van der Waals surface area (Å²) in [6, 6.07) is 8.08. The standard InChI is InChI=1S/C16H24N2O2/c1-6-20-14(19)16(4,5)18-11-15(2,3)17-12-9-7-8-10-13(12)18/h7-10,17H,6,11H2,1-5H3. The molecule has 1 aliphatic heterocycles. The molecule has 0 atom stereocenters. The molecule has 0 spiro atoms. The Balaban J connectivity index is 2.43. The molecule has 0 fully saturated rings. The topological polar surface area (TPSA) is 41.6 Å². The highest BCUT2D eigenvalue weighted by Crippen LogP contribution is 2.38. The van der Waals surface area contributed by atoms with Crippen molar-refractivity contribution in [2.45, 2.75) is 45.7 Å². The summed E-state index contributed by atoms with van der Waals surface area (Å²) < 4.78 is 5.24. The largest absolute Gasteiger partial charge is 0.464 e. The average molecular weight is 276 g/mol. The summed E-state index contributed by atoms with van der Waals surface area (Å²) in [6.45, 7) is 11.1. The Morgan fingerprint density at radius 1 is 1.40 bits per heavy atom. The fourth-order valence-electron chi connectivity index (χ4n) is 2.62. The Morgan fingerprint density at radius 2 is 2.05 bits per heavy atom. The third-order valence-corrected chi connectivity index (χ3v) is 3.67. The van der Waals surface area contributed by atoms with Crippen LogP contribution in [0.25, 0.3) is 0 Å². The minimum atomic E-state index is -0.689. The smallest absolute Gasteiger partial charge is 0.331 e. The molecule has 4 nitrogen and oxygen atoms in total. The van der Waals surface area contributed by atoms with Crippen molar-refractivity contribution in [1.29, 1.82) is 0 Å². The van der Waals surface area contributed by atoms with E-state index in [1.807, 2.05) is 45.0 Å². The highest BCUT2D eigenvalue weighted by molar-refractivity contribution is 5.87. The van der Waals surface area contributed by atoms with Gasteiger partial charge < -0.3 is 15.0 Å². The minimum absolute atomic E-state index is 0.0991. The predicted octanol–water partition coefficient (Wildman–Crippen LogP) is 3.04. The van der Waals surface area contributed by atoms with E-state index in [0.717, 1.165) is 17.9 Å². The molecule has 1 N–H and O–H groups in total. The molecule has 4 heteroatoms. The number of hydrogen-bond donors (Lipinski definition) is 1. The molecule has 1 aromatic carbocycles. The lowest BCUT2D eigenvalue weighted by molar-refractivity contribution is -0.148. The van der Waals surface area contributed by atoms with Gasteiger partial charge in [0.2, 0.25) is 0 Å². The minimum Gasteiger partial charge on any atom is -0.464 e. The van der Waals surface area contributed by atoms with Crippen LogP contribution >= 0.6 is 0 Å². The number of rotatable bonds is 3. The van der Waals surface area contributed by atoms with E-state index in [0.29, 0.717) is 6.61 Å². The van der Waals surface area contributed by atoms with Crippen LogP contribution in [0.3, 0.4) is 0 Å². The molecular weight excluding hydrogens is 252 g/mol. The van der Waals surface area contributed by atoms with E-state index in [-0.39, 0.29) is 11.5 Å². The van der Waals surface area contributed by atoms with E-state index < -0.39 is 5.54 Å². The van der Waals surface area contributed by atoms with Gasteiger partial charge in [0.25, 0.3) is 0 Å². The number of nitrogens with one attached hydrogen (secondary N) is 1. The summed E-state index contributed by atoms with van der Waals surface area (Å²) in [7, 11) is 0. The number of hydrogen-bond acceptors (Lipinski definition) is 4. The third-order valence-electron chi connectivity index (χ3n) is 3.67. The summed E-state index contributed by atoms with van der Waals surface area (Å²) in [5.41, 5.74) is 1.31. The fraction of sp³-hybridized carbons (Fsp3) is 0.562. The van der Waals surface area contributed by atoms with Crippen molar-refractivity contribution in [3.8, 4) is 0 Å². The maximum Gasteiger partial charge on any atom is 0.331 e. The van der Waals surface area contributed by atoms with Gasteiger partial charge in [-0.3, -0.25) is 0 Å². The van der Waals surface area contributed by atoms with E-state index in [1.54, 1.807) is 0 Å². The number of anilines is 2. The Hall–Kier alpha value is -1.71. The van der Waals surface area contributed by atoms with Crippen LogP contribution < -0.4 is 10.2 Å². The van der Waals surface area contributed by atoms with Crippen LogP contribution in [0, 0.1) is 0 Å². The van der Waals surface area contributed by atoms with Crippen molar-refractivity contribution in [2.24, 2.45) is 0 Å². The lowest BCUT2D eigenvalue weighted by Gasteiger charge is -2.48.